The predicted octanol–water partition coefficient (Wildman–Crippen LogP) is 3.34. The fourth-order valence-electron chi connectivity index (χ4n) is 1.88. The second-order valence-electron chi connectivity index (χ2n) is 4.70. The molecular formula is C16H15FN2O2. The van der Waals surface area contributed by atoms with E-state index in [4.69, 9.17) is 0 Å². The molecule has 0 aliphatic carbocycles. The van der Waals surface area contributed by atoms with Crippen LogP contribution in [0.15, 0.2) is 42.5 Å². The largest absolute Gasteiger partial charge is 0.326 e. The molecule has 0 bridgehead atoms. The second-order valence-corrected chi connectivity index (χ2v) is 4.70. The third-order valence-corrected chi connectivity index (χ3v) is 2.82. The Morgan fingerprint density at radius 3 is 2.48 bits per heavy atom. The Labute approximate surface area is 122 Å². The maximum absolute atomic E-state index is 13.7. The normalized spacial score (nSPS) is 10.0. The van der Waals surface area contributed by atoms with Gasteiger partial charge in [0.25, 0.3) is 5.91 Å². The van der Waals surface area contributed by atoms with Gasteiger partial charge in [-0.3, -0.25) is 9.59 Å². The molecule has 2 amide bonds. The molecule has 0 fully saturated rings. The summed E-state index contributed by atoms with van der Waals surface area (Å²) in [6, 6.07) is 11.0. The number of anilines is 2. The average Bonchev–Trinajstić information content (AvgIpc) is 2.42. The van der Waals surface area contributed by atoms with Crippen molar-refractivity contribution in [1.29, 1.82) is 0 Å². The Kier molecular flexibility index (Phi) is 4.33. The van der Waals surface area contributed by atoms with Gasteiger partial charge < -0.3 is 10.6 Å². The zero-order valence-electron chi connectivity index (χ0n) is 11.7. The van der Waals surface area contributed by atoms with Gasteiger partial charge in [0.15, 0.2) is 0 Å². The van der Waals surface area contributed by atoms with Crippen molar-refractivity contribution in [1.82, 2.24) is 0 Å². The summed E-state index contributed by atoms with van der Waals surface area (Å²) in [6.07, 6.45) is 0. The number of amides is 2. The summed E-state index contributed by atoms with van der Waals surface area (Å²) in [4.78, 5) is 23.1. The van der Waals surface area contributed by atoms with E-state index in [-0.39, 0.29) is 11.6 Å². The number of carbonyl (C=O) groups is 2. The lowest BCUT2D eigenvalue weighted by Crippen LogP contribution is -2.14. The monoisotopic (exact) mass is 286 g/mol. The second kappa shape index (κ2) is 6.17. The molecular weight excluding hydrogens is 271 g/mol. The van der Waals surface area contributed by atoms with Gasteiger partial charge in [0.1, 0.15) is 5.82 Å². The highest BCUT2D eigenvalue weighted by molar-refractivity contribution is 6.04. The molecule has 2 aromatic rings. The molecule has 0 aromatic heterocycles. The fourth-order valence-corrected chi connectivity index (χ4v) is 1.88. The highest BCUT2D eigenvalue weighted by Gasteiger charge is 2.10. The van der Waals surface area contributed by atoms with Gasteiger partial charge in [-0.25, -0.2) is 4.39 Å². The molecule has 0 spiro atoms. The molecule has 0 saturated heterocycles. The van der Waals surface area contributed by atoms with Crippen molar-refractivity contribution in [3.05, 3.63) is 59.4 Å². The SMILES string of the molecule is CC(=O)Nc1ccc(F)c(NC(=O)c2cccc(C)c2)c1. The Hall–Kier alpha value is -2.69. The molecule has 0 aliphatic rings. The fraction of sp³-hybridized carbons (Fsp3) is 0.125. The van der Waals surface area contributed by atoms with Crippen LogP contribution in [-0.2, 0) is 4.79 Å². The summed E-state index contributed by atoms with van der Waals surface area (Å²) in [5.41, 5.74) is 1.82. The Morgan fingerprint density at radius 2 is 1.81 bits per heavy atom. The summed E-state index contributed by atoms with van der Waals surface area (Å²) in [5, 5.41) is 5.04. The standard InChI is InChI=1S/C16H15FN2O2/c1-10-4-3-5-12(8-10)16(21)19-15-9-13(18-11(2)20)6-7-14(15)17/h3-9H,1-2H3,(H,18,20)(H,19,21). The number of hydrogen-bond acceptors (Lipinski definition) is 2. The molecule has 0 unspecified atom stereocenters. The van der Waals surface area contributed by atoms with Crippen LogP contribution in [0.3, 0.4) is 0 Å². The smallest absolute Gasteiger partial charge is 0.255 e. The van der Waals surface area contributed by atoms with Gasteiger partial charge in [0.05, 0.1) is 5.69 Å². The van der Waals surface area contributed by atoms with E-state index in [0.717, 1.165) is 5.56 Å². The van der Waals surface area contributed by atoms with Gasteiger partial charge in [-0.05, 0) is 37.3 Å². The molecule has 0 heterocycles. The zero-order valence-corrected chi connectivity index (χ0v) is 11.7. The molecule has 4 nitrogen and oxygen atoms in total. The van der Waals surface area contributed by atoms with Crippen LogP contribution in [0.25, 0.3) is 0 Å². The lowest BCUT2D eigenvalue weighted by Gasteiger charge is -2.09. The van der Waals surface area contributed by atoms with Crippen molar-refractivity contribution < 1.29 is 14.0 Å². The van der Waals surface area contributed by atoms with Crippen molar-refractivity contribution >= 4 is 23.2 Å². The minimum absolute atomic E-state index is 0.0211. The van der Waals surface area contributed by atoms with E-state index < -0.39 is 11.7 Å². The molecule has 0 saturated carbocycles. The highest BCUT2D eigenvalue weighted by Crippen LogP contribution is 2.20. The minimum atomic E-state index is -0.565. The molecule has 108 valence electrons. The number of rotatable bonds is 3. The molecule has 2 N–H and O–H groups in total. The Morgan fingerprint density at radius 1 is 1.05 bits per heavy atom. The van der Waals surface area contributed by atoms with Gasteiger partial charge in [0.2, 0.25) is 5.91 Å². The zero-order chi connectivity index (χ0) is 15.4. The number of halogens is 1. The van der Waals surface area contributed by atoms with Gasteiger partial charge in [-0.2, -0.15) is 0 Å². The Bertz CT molecular complexity index is 698. The van der Waals surface area contributed by atoms with E-state index in [1.54, 1.807) is 18.2 Å². The first kappa shape index (κ1) is 14.7. The van der Waals surface area contributed by atoms with Crippen LogP contribution in [0.4, 0.5) is 15.8 Å². The van der Waals surface area contributed by atoms with Crippen LogP contribution >= 0.6 is 0 Å². The third-order valence-electron chi connectivity index (χ3n) is 2.82. The minimum Gasteiger partial charge on any atom is -0.326 e. The van der Waals surface area contributed by atoms with E-state index in [1.807, 2.05) is 13.0 Å². The first-order valence-corrected chi connectivity index (χ1v) is 6.41. The Balaban J connectivity index is 2.22. The topological polar surface area (TPSA) is 58.2 Å². The van der Waals surface area contributed by atoms with Crippen LogP contribution in [0.2, 0.25) is 0 Å². The molecule has 0 atom stereocenters. The van der Waals surface area contributed by atoms with Gasteiger partial charge >= 0.3 is 0 Å². The van der Waals surface area contributed by atoms with Crippen molar-refractivity contribution in [3.8, 4) is 0 Å². The molecule has 5 heteroatoms. The van der Waals surface area contributed by atoms with Gasteiger partial charge in [0, 0.05) is 18.2 Å². The molecule has 21 heavy (non-hydrogen) atoms. The first-order chi connectivity index (χ1) is 9.95. The van der Waals surface area contributed by atoms with Gasteiger partial charge in [-0.1, -0.05) is 17.7 Å². The summed E-state index contributed by atoms with van der Waals surface area (Å²) >= 11 is 0. The number of hydrogen-bond donors (Lipinski definition) is 2. The van der Waals surface area contributed by atoms with Crippen LogP contribution in [0, 0.1) is 12.7 Å². The molecule has 2 aromatic carbocycles. The van der Waals surface area contributed by atoms with E-state index in [1.165, 1.54) is 25.1 Å². The quantitative estimate of drug-likeness (QED) is 0.909. The number of nitrogens with one attached hydrogen (secondary N) is 2. The summed E-state index contributed by atoms with van der Waals surface area (Å²) in [6.45, 7) is 3.23. The van der Waals surface area contributed by atoms with Crippen molar-refractivity contribution in [2.24, 2.45) is 0 Å². The highest BCUT2D eigenvalue weighted by atomic mass is 19.1. The lowest BCUT2D eigenvalue weighted by molar-refractivity contribution is -0.114. The van der Waals surface area contributed by atoms with Crippen LogP contribution in [0.1, 0.15) is 22.8 Å². The summed E-state index contributed by atoms with van der Waals surface area (Å²) < 4.78 is 13.7. The molecule has 2 rings (SSSR count). The maximum atomic E-state index is 13.7. The van der Waals surface area contributed by atoms with E-state index in [9.17, 15) is 14.0 Å². The van der Waals surface area contributed by atoms with Crippen molar-refractivity contribution in [3.63, 3.8) is 0 Å². The van der Waals surface area contributed by atoms with E-state index in [0.29, 0.717) is 11.3 Å². The van der Waals surface area contributed by atoms with Crippen molar-refractivity contribution in [2.75, 3.05) is 10.6 Å². The number of aryl methyl sites for hydroxylation is 1. The third kappa shape index (κ3) is 3.89. The van der Waals surface area contributed by atoms with Crippen molar-refractivity contribution in [2.45, 2.75) is 13.8 Å². The maximum Gasteiger partial charge on any atom is 0.255 e. The number of carbonyl (C=O) groups excluding carboxylic acids is 2. The summed E-state index contributed by atoms with van der Waals surface area (Å²) in [5.74, 6) is -1.24. The van der Waals surface area contributed by atoms with E-state index >= 15 is 0 Å². The van der Waals surface area contributed by atoms with Crippen LogP contribution in [-0.4, -0.2) is 11.8 Å². The molecule has 0 aliphatic heterocycles. The predicted molar refractivity (Wildman–Crippen MR) is 79.8 cm³/mol. The lowest BCUT2D eigenvalue weighted by atomic mass is 10.1. The van der Waals surface area contributed by atoms with Crippen LogP contribution in [0.5, 0.6) is 0 Å². The van der Waals surface area contributed by atoms with Crippen LogP contribution < -0.4 is 10.6 Å². The van der Waals surface area contributed by atoms with E-state index in [2.05, 4.69) is 10.6 Å². The first-order valence-electron chi connectivity index (χ1n) is 6.41. The van der Waals surface area contributed by atoms with Gasteiger partial charge in [-0.15, -0.1) is 0 Å². The summed E-state index contributed by atoms with van der Waals surface area (Å²) in [7, 11) is 0. The number of benzene rings is 2. The average molecular weight is 286 g/mol. The molecule has 0 radical (unpaired) electrons.